The van der Waals surface area contributed by atoms with Crippen LogP contribution in [0.4, 0.5) is 0 Å². The first-order chi connectivity index (χ1) is 10.1. The number of carbonyl (C=O) groups excluding carboxylic acids is 1. The second kappa shape index (κ2) is 7.31. The van der Waals surface area contributed by atoms with Gasteiger partial charge in [0.05, 0.1) is 7.11 Å². The number of hydrogen-bond donors (Lipinski definition) is 0. The third kappa shape index (κ3) is 4.36. The SMILES string of the molecule is COc1ccc(OCC(=O)N(C)C2CCN(C)CC2)cc1. The summed E-state index contributed by atoms with van der Waals surface area (Å²) in [6.07, 6.45) is 2.06. The summed E-state index contributed by atoms with van der Waals surface area (Å²) < 4.78 is 10.6. The van der Waals surface area contributed by atoms with Gasteiger partial charge >= 0.3 is 0 Å². The molecule has 1 fully saturated rings. The first-order valence-corrected chi connectivity index (χ1v) is 7.31. The minimum atomic E-state index is 0.0281. The monoisotopic (exact) mass is 292 g/mol. The number of amides is 1. The van der Waals surface area contributed by atoms with Crippen molar-refractivity contribution in [1.29, 1.82) is 0 Å². The predicted octanol–water partition coefficient (Wildman–Crippen LogP) is 1.63. The van der Waals surface area contributed by atoms with Crippen LogP contribution in [0.25, 0.3) is 0 Å². The molecule has 0 N–H and O–H groups in total. The number of likely N-dealkylation sites (N-methyl/N-ethyl adjacent to an activating group) is 1. The summed E-state index contributed by atoms with van der Waals surface area (Å²) in [6, 6.07) is 7.58. The van der Waals surface area contributed by atoms with E-state index in [2.05, 4.69) is 11.9 Å². The van der Waals surface area contributed by atoms with Crippen molar-refractivity contribution in [3.63, 3.8) is 0 Å². The molecule has 0 saturated carbocycles. The predicted molar refractivity (Wildman–Crippen MR) is 81.8 cm³/mol. The van der Waals surface area contributed by atoms with Crippen LogP contribution in [0.5, 0.6) is 11.5 Å². The number of rotatable bonds is 5. The Labute approximate surface area is 126 Å². The number of piperidine rings is 1. The lowest BCUT2D eigenvalue weighted by atomic mass is 10.0. The fraction of sp³-hybridized carbons (Fsp3) is 0.562. The van der Waals surface area contributed by atoms with E-state index in [9.17, 15) is 4.79 Å². The molecule has 1 aromatic carbocycles. The summed E-state index contributed by atoms with van der Waals surface area (Å²) >= 11 is 0. The topological polar surface area (TPSA) is 42.0 Å². The highest BCUT2D eigenvalue weighted by molar-refractivity contribution is 5.77. The molecule has 1 amide bonds. The fourth-order valence-electron chi connectivity index (χ4n) is 2.50. The van der Waals surface area contributed by atoms with E-state index in [1.807, 2.05) is 36.2 Å². The van der Waals surface area contributed by atoms with Gasteiger partial charge in [-0.25, -0.2) is 0 Å². The second-order valence-corrected chi connectivity index (χ2v) is 5.50. The zero-order chi connectivity index (χ0) is 15.2. The molecular formula is C16H24N2O3. The molecule has 0 aromatic heterocycles. The van der Waals surface area contributed by atoms with Crippen LogP contribution in [0, 0.1) is 0 Å². The second-order valence-electron chi connectivity index (χ2n) is 5.50. The highest BCUT2D eigenvalue weighted by Gasteiger charge is 2.24. The van der Waals surface area contributed by atoms with Crippen LogP contribution in [-0.4, -0.2) is 62.7 Å². The highest BCUT2D eigenvalue weighted by Crippen LogP contribution is 2.18. The summed E-state index contributed by atoms with van der Waals surface area (Å²) in [5, 5.41) is 0. The Morgan fingerprint density at radius 3 is 2.38 bits per heavy atom. The van der Waals surface area contributed by atoms with Gasteiger partial charge in [-0.1, -0.05) is 0 Å². The van der Waals surface area contributed by atoms with Crippen molar-refractivity contribution < 1.29 is 14.3 Å². The average molecular weight is 292 g/mol. The molecule has 2 rings (SSSR count). The molecular weight excluding hydrogens is 268 g/mol. The van der Waals surface area contributed by atoms with Crippen LogP contribution < -0.4 is 9.47 Å². The molecule has 0 unspecified atom stereocenters. The molecule has 0 spiro atoms. The van der Waals surface area contributed by atoms with Crippen LogP contribution in [-0.2, 0) is 4.79 Å². The van der Waals surface area contributed by atoms with Crippen LogP contribution in [0.15, 0.2) is 24.3 Å². The minimum absolute atomic E-state index is 0.0281. The normalized spacial score (nSPS) is 16.5. The smallest absolute Gasteiger partial charge is 0.260 e. The van der Waals surface area contributed by atoms with Gasteiger partial charge in [0.25, 0.3) is 5.91 Å². The zero-order valence-corrected chi connectivity index (χ0v) is 13.0. The minimum Gasteiger partial charge on any atom is -0.497 e. The average Bonchev–Trinajstić information content (AvgIpc) is 2.53. The largest absolute Gasteiger partial charge is 0.497 e. The van der Waals surface area contributed by atoms with Crippen LogP contribution in [0.1, 0.15) is 12.8 Å². The first kappa shape index (κ1) is 15.6. The van der Waals surface area contributed by atoms with Gasteiger partial charge in [-0.15, -0.1) is 0 Å². The maximum Gasteiger partial charge on any atom is 0.260 e. The molecule has 1 saturated heterocycles. The lowest BCUT2D eigenvalue weighted by Gasteiger charge is -2.35. The third-order valence-electron chi connectivity index (χ3n) is 4.05. The Morgan fingerprint density at radius 2 is 1.81 bits per heavy atom. The summed E-state index contributed by atoms with van der Waals surface area (Å²) in [7, 11) is 5.61. The van der Waals surface area contributed by atoms with E-state index in [1.54, 1.807) is 7.11 Å². The summed E-state index contributed by atoms with van der Waals surface area (Å²) in [5.74, 6) is 1.48. The Morgan fingerprint density at radius 1 is 1.24 bits per heavy atom. The number of methoxy groups -OCH3 is 1. The number of nitrogens with zero attached hydrogens (tertiary/aromatic N) is 2. The highest BCUT2D eigenvalue weighted by atomic mass is 16.5. The van der Waals surface area contributed by atoms with Crippen molar-refractivity contribution >= 4 is 5.91 Å². The summed E-state index contributed by atoms with van der Waals surface area (Å²) in [6.45, 7) is 2.17. The van der Waals surface area contributed by atoms with E-state index in [0.717, 1.165) is 31.7 Å². The Hall–Kier alpha value is -1.75. The summed E-state index contributed by atoms with van der Waals surface area (Å²) in [4.78, 5) is 16.3. The number of ether oxygens (including phenoxy) is 2. The fourth-order valence-corrected chi connectivity index (χ4v) is 2.50. The van der Waals surface area contributed by atoms with E-state index >= 15 is 0 Å². The van der Waals surface area contributed by atoms with Crippen LogP contribution >= 0.6 is 0 Å². The molecule has 5 nitrogen and oxygen atoms in total. The van der Waals surface area contributed by atoms with Gasteiger partial charge in [-0.05, 0) is 57.2 Å². The number of benzene rings is 1. The quantitative estimate of drug-likeness (QED) is 0.827. The van der Waals surface area contributed by atoms with Gasteiger partial charge in [0.1, 0.15) is 11.5 Å². The molecule has 1 aliphatic rings. The molecule has 0 bridgehead atoms. The molecule has 21 heavy (non-hydrogen) atoms. The van der Waals surface area contributed by atoms with E-state index in [1.165, 1.54) is 0 Å². The Bertz CT molecular complexity index is 453. The number of hydrogen-bond acceptors (Lipinski definition) is 4. The van der Waals surface area contributed by atoms with Gasteiger partial charge in [0.15, 0.2) is 6.61 Å². The molecule has 5 heteroatoms. The third-order valence-corrected chi connectivity index (χ3v) is 4.05. The number of carbonyl (C=O) groups is 1. The maximum absolute atomic E-state index is 12.2. The van der Waals surface area contributed by atoms with Gasteiger partial charge < -0.3 is 19.3 Å². The molecule has 0 radical (unpaired) electrons. The van der Waals surface area contributed by atoms with E-state index in [4.69, 9.17) is 9.47 Å². The Balaban J connectivity index is 1.80. The van der Waals surface area contributed by atoms with Gasteiger partial charge in [0, 0.05) is 13.1 Å². The molecule has 1 aliphatic heterocycles. The van der Waals surface area contributed by atoms with Gasteiger partial charge in [-0.2, -0.15) is 0 Å². The zero-order valence-electron chi connectivity index (χ0n) is 13.0. The first-order valence-electron chi connectivity index (χ1n) is 7.31. The van der Waals surface area contributed by atoms with Crippen molar-refractivity contribution in [3.8, 4) is 11.5 Å². The molecule has 0 atom stereocenters. The van der Waals surface area contributed by atoms with E-state index in [0.29, 0.717) is 11.8 Å². The molecule has 1 heterocycles. The van der Waals surface area contributed by atoms with Crippen molar-refractivity contribution in [2.45, 2.75) is 18.9 Å². The molecule has 116 valence electrons. The van der Waals surface area contributed by atoms with Gasteiger partial charge in [0.2, 0.25) is 0 Å². The van der Waals surface area contributed by atoms with Crippen LogP contribution in [0.2, 0.25) is 0 Å². The number of likely N-dealkylation sites (tertiary alicyclic amines) is 1. The van der Waals surface area contributed by atoms with Crippen molar-refractivity contribution in [1.82, 2.24) is 9.80 Å². The van der Waals surface area contributed by atoms with Crippen LogP contribution in [0.3, 0.4) is 0 Å². The van der Waals surface area contributed by atoms with E-state index < -0.39 is 0 Å². The standard InChI is InChI=1S/C16H24N2O3/c1-17-10-8-13(9-11-17)18(2)16(19)12-21-15-6-4-14(20-3)5-7-15/h4-7,13H,8-12H2,1-3H3. The summed E-state index contributed by atoms with van der Waals surface area (Å²) in [5.41, 5.74) is 0. The lowest BCUT2D eigenvalue weighted by Crippen LogP contribution is -2.45. The van der Waals surface area contributed by atoms with E-state index in [-0.39, 0.29) is 12.5 Å². The lowest BCUT2D eigenvalue weighted by molar-refractivity contribution is -0.134. The van der Waals surface area contributed by atoms with Crippen molar-refractivity contribution in [2.75, 3.05) is 40.9 Å². The molecule has 0 aliphatic carbocycles. The Kier molecular flexibility index (Phi) is 5.44. The maximum atomic E-state index is 12.2. The molecule has 1 aromatic rings. The van der Waals surface area contributed by atoms with Crippen molar-refractivity contribution in [2.24, 2.45) is 0 Å². The van der Waals surface area contributed by atoms with Crippen molar-refractivity contribution in [3.05, 3.63) is 24.3 Å². The van der Waals surface area contributed by atoms with Gasteiger partial charge in [-0.3, -0.25) is 4.79 Å².